The van der Waals surface area contributed by atoms with E-state index in [4.69, 9.17) is 4.99 Å². The molecule has 1 aromatic rings. The summed E-state index contributed by atoms with van der Waals surface area (Å²) in [7, 11) is 2.04. The van der Waals surface area contributed by atoms with Gasteiger partial charge >= 0.3 is 0 Å². The third-order valence-electron chi connectivity index (χ3n) is 3.65. The largest absolute Gasteiger partial charge is 0.325 e. The zero-order valence-corrected chi connectivity index (χ0v) is 20.1. The molecular formula is C24H39N3OS. The summed E-state index contributed by atoms with van der Waals surface area (Å²) < 4.78 is 0. The predicted octanol–water partition coefficient (Wildman–Crippen LogP) is 6.10. The molecule has 0 spiro atoms. The van der Waals surface area contributed by atoms with Gasteiger partial charge in [-0.2, -0.15) is 0 Å². The van der Waals surface area contributed by atoms with Gasteiger partial charge in [-0.25, -0.2) is 5.01 Å². The maximum atomic E-state index is 9.32. The Bertz CT molecular complexity index is 666. The molecular weight excluding hydrogens is 378 g/mol. The lowest BCUT2D eigenvalue weighted by Gasteiger charge is -2.14. The second kappa shape index (κ2) is 17.0. The summed E-state index contributed by atoms with van der Waals surface area (Å²) in [4.78, 5) is 15.6. The Morgan fingerprint density at radius 3 is 2.41 bits per heavy atom. The number of thioether (sulfide) groups is 1. The molecule has 0 fully saturated rings. The fourth-order valence-corrected chi connectivity index (χ4v) is 3.19. The molecule has 162 valence electrons. The van der Waals surface area contributed by atoms with E-state index in [0.29, 0.717) is 5.92 Å². The molecule has 0 unspecified atom stereocenters. The monoisotopic (exact) mass is 417 g/mol. The van der Waals surface area contributed by atoms with Crippen molar-refractivity contribution in [3.8, 4) is 0 Å². The van der Waals surface area contributed by atoms with Gasteiger partial charge in [-0.05, 0) is 31.4 Å². The first-order valence-electron chi connectivity index (χ1n) is 10.5. The highest BCUT2D eigenvalue weighted by Crippen LogP contribution is 2.30. The fourth-order valence-electron chi connectivity index (χ4n) is 2.22. The summed E-state index contributed by atoms with van der Waals surface area (Å²) >= 11 is 1.87. The van der Waals surface area contributed by atoms with Gasteiger partial charge in [0, 0.05) is 41.7 Å². The molecule has 1 aromatic carbocycles. The lowest BCUT2D eigenvalue weighted by atomic mass is 10.00. The number of hydrogen-bond donors (Lipinski definition) is 1. The van der Waals surface area contributed by atoms with Crippen molar-refractivity contribution in [2.45, 2.75) is 59.3 Å². The van der Waals surface area contributed by atoms with Gasteiger partial charge in [0.05, 0.1) is 5.70 Å². The molecule has 0 saturated heterocycles. The summed E-state index contributed by atoms with van der Waals surface area (Å²) in [6, 6.07) is 8.60. The highest BCUT2D eigenvalue weighted by atomic mass is 32.2. The molecule has 0 bridgehead atoms. The summed E-state index contributed by atoms with van der Waals surface area (Å²) in [5.74, 6) is 1.51. The lowest BCUT2D eigenvalue weighted by molar-refractivity contribution is -0.104. The van der Waals surface area contributed by atoms with Crippen molar-refractivity contribution in [3.63, 3.8) is 0 Å². The van der Waals surface area contributed by atoms with Crippen molar-refractivity contribution in [1.29, 1.82) is 0 Å². The molecule has 0 aromatic heterocycles. The molecule has 1 N–H and O–H groups in total. The van der Waals surface area contributed by atoms with Gasteiger partial charge in [-0.3, -0.25) is 9.79 Å². The number of carbonyl (C=O) groups excluding carboxylic acids is 1. The van der Waals surface area contributed by atoms with E-state index in [-0.39, 0.29) is 0 Å². The smallest absolute Gasteiger partial charge is 0.142 e. The van der Waals surface area contributed by atoms with Crippen molar-refractivity contribution in [2.24, 2.45) is 10.9 Å². The van der Waals surface area contributed by atoms with Crippen molar-refractivity contribution < 1.29 is 4.79 Å². The van der Waals surface area contributed by atoms with Gasteiger partial charge in [0.15, 0.2) is 0 Å². The first-order chi connectivity index (χ1) is 13.9. The Balaban J connectivity index is 0.000000838. The number of benzene rings is 1. The van der Waals surface area contributed by atoms with Gasteiger partial charge in [0.1, 0.15) is 6.29 Å². The zero-order valence-electron chi connectivity index (χ0n) is 19.2. The number of aldehydes is 1. The van der Waals surface area contributed by atoms with Crippen LogP contribution < -0.4 is 5.43 Å². The van der Waals surface area contributed by atoms with Crippen LogP contribution >= 0.6 is 11.8 Å². The van der Waals surface area contributed by atoms with Crippen LogP contribution in [0.3, 0.4) is 0 Å². The standard InChI is InChI=1S/C17H25N3S.C4H6O.C3H8/c1-5-20(4)18-11-14-12-21-17-9-7-6-8-15(17)16(19-14)10-13(2)3;1-2-3-4-5;1-3-2/h6-9,11,13,18H,5,10,12H2,1-4H3;2-4H,1H3;3H2,1-2H3/b14-11+;3-2+;. The molecule has 0 atom stereocenters. The minimum absolute atomic E-state index is 0.604. The Morgan fingerprint density at radius 1 is 1.24 bits per heavy atom. The molecule has 4 nitrogen and oxygen atoms in total. The fraction of sp³-hybridized carbons (Fsp3) is 0.500. The summed E-state index contributed by atoms with van der Waals surface area (Å²) in [6.45, 7) is 13.6. The van der Waals surface area contributed by atoms with Crippen LogP contribution in [0.5, 0.6) is 0 Å². The van der Waals surface area contributed by atoms with Crippen LogP contribution in [-0.4, -0.2) is 36.4 Å². The van der Waals surface area contributed by atoms with Crippen molar-refractivity contribution >= 4 is 23.8 Å². The maximum absolute atomic E-state index is 9.32. The number of rotatable bonds is 6. The van der Waals surface area contributed by atoms with Crippen molar-refractivity contribution in [2.75, 3.05) is 19.3 Å². The number of nitrogens with zero attached hydrogens (tertiary/aromatic N) is 2. The predicted molar refractivity (Wildman–Crippen MR) is 130 cm³/mol. The van der Waals surface area contributed by atoms with Crippen LogP contribution in [0, 0.1) is 5.92 Å². The number of hydrogen-bond acceptors (Lipinski definition) is 5. The van der Waals surface area contributed by atoms with Crippen LogP contribution in [0.1, 0.15) is 59.9 Å². The maximum Gasteiger partial charge on any atom is 0.142 e. The average Bonchev–Trinajstić information content (AvgIpc) is 2.87. The molecule has 2 rings (SSSR count). The molecule has 1 heterocycles. The van der Waals surface area contributed by atoms with Crippen LogP contribution in [0.15, 0.2) is 58.2 Å². The van der Waals surface area contributed by atoms with Crippen LogP contribution in [-0.2, 0) is 4.79 Å². The van der Waals surface area contributed by atoms with Crippen molar-refractivity contribution in [3.05, 3.63) is 53.9 Å². The summed E-state index contributed by atoms with van der Waals surface area (Å²) in [5.41, 5.74) is 6.89. The number of carbonyl (C=O) groups is 1. The Hall–Kier alpha value is -1.85. The normalized spacial score (nSPS) is 14.4. The highest BCUT2D eigenvalue weighted by Gasteiger charge is 2.16. The molecule has 5 heteroatoms. The third kappa shape index (κ3) is 12.3. The first-order valence-corrected chi connectivity index (χ1v) is 11.4. The zero-order chi connectivity index (χ0) is 22.1. The average molecular weight is 418 g/mol. The summed E-state index contributed by atoms with van der Waals surface area (Å²) in [5, 5.41) is 2.05. The van der Waals surface area contributed by atoms with E-state index in [1.165, 1.54) is 28.7 Å². The molecule has 0 saturated carbocycles. The Labute approximate surface area is 182 Å². The molecule has 0 aliphatic carbocycles. The van der Waals surface area contributed by atoms with Crippen LogP contribution in [0.25, 0.3) is 0 Å². The molecule has 1 aliphatic rings. The van der Waals surface area contributed by atoms with E-state index < -0.39 is 0 Å². The van der Waals surface area contributed by atoms with E-state index in [9.17, 15) is 4.79 Å². The van der Waals surface area contributed by atoms with Gasteiger partial charge in [0.25, 0.3) is 0 Å². The minimum atomic E-state index is 0.604. The van der Waals surface area contributed by atoms with E-state index in [1.807, 2.05) is 30.0 Å². The molecule has 29 heavy (non-hydrogen) atoms. The quantitative estimate of drug-likeness (QED) is 0.345. The van der Waals surface area contributed by atoms with Gasteiger partial charge in [0.2, 0.25) is 0 Å². The SMILES string of the molecule is C/C=C/C=O.CCC.CCN(C)N/C=C1\CSc2ccccc2C(CC(C)C)=N1. The second-order valence-electron chi connectivity index (χ2n) is 7.09. The van der Waals surface area contributed by atoms with Crippen LogP contribution in [0.2, 0.25) is 0 Å². The topological polar surface area (TPSA) is 44.7 Å². The number of allylic oxidation sites excluding steroid dienone is 2. The first kappa shape index (κ1) is 27.2. The number of aliphatic imine (C=N–C) groups is 1. The molecule has 0 radical (unpaired) electrons. The van der Waals surface area contributed by atoms with Gasteiger partial charge in [-0.1, -0.05) is 65.3 Å². The number of hydrazine groups is 1. The Kier molecular flexibility index (Phi) is 16.0. The van der Waals surface area contributed by atoms with E-state index in [1.54, 1.807) is 13.0 Å². The lowest BCUT2D eigenvalue weighted by Crippen LogP contribution is -2.29. The number of fused-ring (bicyclic) bond motifs is 1. The number of nitrogens with one attached hydrogen (secondary N) is 1. The van der Waals surface area contributed by atoms with Gasteiger partial charge < -0.3 is 5.43 Å². The van der Waals surface area contributed by atoms with E-state index >= 15 is 0 Å². The van der Waals surface area contributed by atoms with E-state index in [2.05, 4.69) is 64.3 Å². The third-order valence-corrected chi connectivity index (χ3v) is 4.76. The molecule has 1 aliphatic heterocycles. The van der Waals surface area contributed by atoms with Gasteiger partial charge in [-0.15, -0.1) is 11.8 Å². The highest BCUT2D eigenvalue weighted by molar-refractivity contribution is 7.99. The summed E-state index contributed by atoms with van der Waals surface area (Å²) in [6.07, 6.45) is 8.17. The van der Waals surface area contributed by atoms with Crippen LogP contribution in [0.4, 0.5) is 0 Å². The minimum Gasteiger partial charge on any atom is -0.325 e. The van der Waals surface area contributed by atoms with E-state index in [0.717, 1.165) is 30.7 Å². The molecule has 0 amide bonds. The van der Waals surface area contributed by atoms with Crippen molar-refractivity contribution in [1.82, 2.24) is 10.4 Å². The Morgan fingerprint density at radius 2 is 1.90 bits per heavy atom. The second-order valence-corrected chi connectivity index (χ2v) is 8.11.